The minimum absolute atomic E-state index is 0.452. The summed E-state index contributed by atoms with van der Waals surface area (Å²) in [5.74, 6) is 0.791. The van der Waals surface area contributed by atoms with Crippen LogP contribution in [0.5, 0.6) is 5.75 Å². The van der Waals surface area contributed by atoms with Crippen molar-refractivity contribution in [3.05, 3.63) is 63.1 Å². The minimum atomic E-state index is 0.452. The lowest BCUT2D eigenvalue weighted by Crippen LogP contribution is -1.99. The first-order valence-electron chi connectivity index (χ1n) is 5.55. The summed E-state index contributed by atoms with van der Waals surface area (Å²) in [6.45, 7) is 0.958. The van der Waals surface area contributed by atoms with Crippen LogP contribution >= 0.6 is 27.5 Å². The minimum Gasteiger partial charge on any atom is -0.489 e. The second-order valence-corrected chi connectivity index (χ2v) is 5.10. The molecule has 18 heavy (non-hydrogen) atoms. The van der Waals surface area contributed by atoms with Crippen molar-refractivity contribution < 1.29 is 4.74 Å². The molecule has 0 aliphatic rings. The lowest BCUT2D eigenvalue weighted by atomic mass is 10.2. The quantitative estimate of drug-likeness (QED) is 0.916. The van der Waals surface area contributed by atoms with Gasteiger partial charge in [-0.05, 0) is 23.8 Å². The van der Waals surface area contributed by atoms with Crippen LogP contribution in [0.15, 0.2) is 46.9 Å². The van der Waals surface area contributed by atoms with Gasteiger partial charge in [-0.3, -0.25) is 0 Å². The first-order chi connectivity index (χ1) is 8.70. The molecule has 2 nitrogen and oxygen atoms in total. The Morgan fingerprint density at radius 1 is 1.11 bits per heavy atom. The summed E-state index contributed by atoms with van der Waals surface area (Å²) in [6.07, 6.45) is 0. The molecular formula is C14H13BrClNO. The van der Waals surface area contributed by atoms with Gasteiger partial charge in [0.2, 0.25) is 0 Å². The number of benzene rings is 2. The number of hydrogen-bond donors (Lipinski definition) is 1. The van der Waals surface area contributed by atoms with Gasteiger partial charge in [0.1, 0.15) is 12.4 Å². The van der Waals surface area contributed by atoms with Crippen LogP contribution in [0.1, 0.15) is 11.1 Å². The molecule has 0 unspecified atom stereocenters. The van der Waals surface area contributed by atoms with E-state index in [1.165, 1.54) is 0 Å². The molecule has 0 saturated heterocycles. The number of ether oxygens (including phenoxy) is 1. The van der Waals surface area contributed by atoms with Crippen molar-refractivity contribution in [2.75, 3.05) is 0 Å². The summed E-state index contributed by atoms with van der Waals surface area (Å²) in [7, 11) is 0. The predicted octanol–water partition coefficient (Wildman–Crippen LogP) is 4.14. The topological polar surface area (TPSA) is 35.2 Å². The van der Waals surface area contributed by atoms with Crippen molar-refractivity contribution in [2.45, 2.75) is 13.2 Å². The van der Waals surface area contributed by atoms with Gasteiger partial charge in [0.15, 0.2) is 0 Å². The van der Waals surface area contributed by atoms with E-state index >= 15 is 0 Å². The Bertz CT molecular complexity index is 545. The van der Waals surface area contributed by atoms with E-state index in [0.717, 1.165) is 26.4 Å². The van der Waals surface area contributed by atoms with E-state index in [1.807, 2.05) is 42.5 Å². The van der Waals surface area contributed by atoms with Crippen LogP contribution in [0.3, 0.4) is 0 Å². The lowest BCUT2D eigenvalue weighted by molar-refractivity contribution is 0.306. The fourth-order valence-corrected chi connectivity index (χ4v) is 2.27. The Kier molecular flexibility index (Phi) is 4.64. The maximum absolute atomic E-state index is 6.06. The normalized spacial score (nSPS) is 10.4. The zero-order chi connectivity index (χ0) is 13.0. The molecule has 2 rings (SSSR count). The Morgan fingerprint density at radius 3 is 2.56 bits per heavy atom. The van der Waals surface area contributed by atoms with Crippen LogP contribution in [-0.4, -0.2) is 0 Å². The maximum atomic E-state index is 6.06. The van der Waals surface area contributed by atoms with Gasteiger partial charge in [-0.2, -0.15) is 0 Å². The molecule has 0 saturated carbocycles. The standard InChI is InChI=1S/C14H13BrClNO/c15-13-7-12(6-5-10(13)8-17)18-9-11-3-1-2-4-14(11)16/h1-7H,8-9,17H2. The van der Waals surface area contributed by atoms with Crippen molar-refractivity contribution in [2.24, 2.45) is 5.73 Å². The van der Waals surface area contributed by atoms with Crippen LogP contribution in [-0.2, 0) is 13.2 Å². The SMILES string of the molecule is NCc1ccc(OCc2ccccc2Cl)cc1Br. The van der Waals surface area contributed by atoms with Gasteiger partial charge >= 0.3 is 0 Å². The molecule has 0 aromatic heterocycles. The van der Waals surface area contributed by atoms with E-state index in [0.29, 0.717) is 13.2 Å². The molecule has 0 atom stereocenters. The fourth-order valence-electron chi connectivity index (χ4n) is 1.56. The van der Waals surface area contributed by atoms with E-state index in [4.69, 9.17) is 22.1 Å². The molecule has 0 amide bonds. The van der Waals surface area contributed by atoms with Crippen LogP contribution < -0.4 is 10.5 Å². The summed E-state index contributed by atoms with van der Waals surface area (Å²) < 4.78 is 6.66. The van der Waals surface area contributed by atoms with Gasteiger partial charge in [-0.15, -0.1) is 0 Å². The first-order valence-corrected chi connectivity index (χ1v) is 6.72. The molecule has 2 aromatic carbocycles. The highest BCUT2D eigenvalue weighted by molar-refractivity contribution is 9.10. The van der Waals surface area contributed by atoms with E-state index in [1.54, 1.807) is 0 Å². The molecule has 0 aliphatic carbocycles. The van der Waals surface area contributed by atoms with Crippen molar-refractivity contribution in [1.82, 2.24) is 0 Å². The molecule has 4 heteroatoms. The number of halogens is 2. The maximum Gasteiger partial charge on any atom is 0.120 e. The molecule has 0 bridgehead atoms. The Labute approximate surface area is 120 Å². The molecule has 0 fully saturated rings. The molecule has 2 aromatic rings. The van der Waals surface area contributed by atoms with Crippen molar-refractivity contribution >= 4 is 27.5 Å². The molecule has 0 spiro atoms. The van der Waals surface area contributed by atoms with Gasteiger partial charge in [-0.25, -0.2) is 0 Å². The molecule has 0 radical (unpaired) electrons. The summed E-state index contributed by atoms with van der Waals surface area (Å²) >= 11 is 9.53. The monoisotopic (exact) mass is 325 g/mol. The van der Waals surface area contributed by atoms with E-state index in [9.17, 15) is 0 Å². The Balaban J connectivity index is 2.07. The third kappa shape index (κ3) is 3.25. The van der Waals surface area contributed by atoms with Crippen LogP contribution in [0.4, 0.5) is 0 Å². The van der Waals surface area contributed by atoms with Gasteiger partial charge in [0, 0.05) is 21.6 Å². The lowest BCUT2D eigenvalue weighted by Gasteiger charge is -2.09. The second kappa shape index (κ2) is 6.23. The summed E-state index contributed by atoms with van der Waals surface area (Å²) in [6, 6.07) is 13.4. The van der Waals surface area contributed by atoms with Gasteiger partial charge in [0.05, 0.1) is 0 Å². The zero-order valence-corrected chi connectivity index (χ0v) is 12.0. The first kappa shape index (κ1) is 13.4. The van der Waals surface area contributed by atoms with E-state index in [2.05, 4.69) is 15.9 Å². The van der Waals surface area contributed by atoms with E-state index in [-0.39, 0.29) is 0 Å². The van der Waals surface area contributed by atoms with Crippen molar-refractivity contribution in [3.8, 4) is 5.75 Å². The van der Waals surface area contributed by atoms with Crippen LogP contribution in [0.25, 0.3) is 0 Å². The van der Waals surface area contributed by atoms with E-state index < -0.39 is 0 Å². The largest absolute Gasteiger partial charge is 0.489 e. The third-order valence-corrected chi connectivity index (χ3v) is 3.70. The highest BCUT2D eigenvalue weighted by atomic mass is 79.9. The average molecular weight is 327 g/mol. The van der Waals surface area contributed by atoms with Gasteiger partial charge in [0.25, 0.3) is 0 Å². The highest BCUT2D eigenvalue weighted by Crippen LogP contribution is 2.24. The zero-order valence-electron chi connectivity index (χ0n) is 9.70. The summed E-state index contributed by atoms with van der Waals surface area (Å²) in [5, 5.41) is 0.718. The number of nitrogens with two attached hydrogens (primary N) is 1. The fraction of sp³-hybridized carbons (Fsp3) is 0.143. The number of rotatable bonds is 4. The average Bonchev–Trinajstić information content (AvgIpc) is 2.38. The second-order valence-electron chi connectivity index (χ2n) is 3.84. The highest BCUT2D eigenvalue weighted by Gasteiger charge is 2.03. The third-order valence-electron chi connectivity index (χ3n) is 2.60. The van der Waals surface area contributed by atoms with Gasteiger partial charge < -0.3 is 10.5 Å². The molecule has 94 valence electrons. The Hall–Kier alpha value is -1.03. The van der Waals surface area contributed by atoms with Crippen molar-refractivity contribution in [3.63, 3.8) is 0 Å². The molecular weight excluding hydrogens is 314 g/mol. The number of hydrogen-bond acceptors (Lipinski definition) is 2. The predicted molar refractivity (Wildman–Crippen MR) is 77.8 cm³/mol. The smallest absolute Gasteiger partial charge is 0.120 e. The summed E-state index contributed by atoms with van der Waals surface area (Å²) in [4.78, 5) is 0. The Morgan fingerprint density at radius 2 is 1.89 bits per heavy atom. The van der Waals surface area contributed by atoms with Crippen molar-refractivity contribution in [1.29, 1.82) is 0 Å². The molecule has 0 aliphatic heterocycles. The molecule has 2 N–H and O–H groups in total. The van der Waals surface area contributed by atoms with Crippen LogP contribution in [0.2, 0.25) is 5.02 Å². The molecule has 0 heterocycles. The van der Waals surface area contributed by atoms with Gasteiger partial charge in [-0.1, -0.05) is 51.8 Å². The summed E-state index contributed by atoms with van der Waals surface area (Å²) in [5.41, 5.74) is 7.62. The van der Waals surface area contributed by atoms with Crippen LogP contribution in [0, 0.1) is 0 Å².